The monoisotopic (exact) mass is 405 g/mol. The summed E-state index contributed by atoms with van der Waals surface area (Å²) in [5, 5.41) is 0.875. The number of fused-ring (bicyclic) bond motifs is 1. The van der Waals surface area contributed by atoms with E-state index in [1.807, 2.05) is 55.1 Å². The second-order valence-corrected chi connectivity index (χ2v) is 7.81. The second kappa shape index (κ2) is 8.67. The number of carbonyl (C=O) groups is 1. The maximum absolute atomic E-state index is 12.5. The summed E-state index contributed by atoms with van der Waals surface area (Å²) in [6.07, 6.45) is 0. The lowest BCUT2D eigenvalue weighted by atomic mass is 10.1. The molecule has 4 rings (SSSR count). The van der Waals surface area contributed by atoms with Gasteiger partial charge in [0, 0.05) is 31.6 Å². The first-order valence-electron chi connectivity index (χ1n) is 10.2. The van der Waals surface area contributed by atoms with Crippen LogP contribution < -0.4 is 10.5 Å². The molecule has 0 unspecified atom stereocenters. The van der Waals surface area contributed by atoms with Gasteiger partial charge in [-0.05, 0) is 49.2 Å². The standard InChI is InChI=1S/C23H27N5O2/c1-16-11-17(2)13-18(12-16)30-15-22(29)28-9-7-27(8-10-28)14-21-25-20-6-4-3-5-19(20)23(24)26-21/h3-6,11-13H,7-10,14-15H2,1-2H3,(H2,24,25,26). The molecule has 2 heterocycles. The maximum atomic E-state index is 12.5. The van der Waals surface area contributed by atoms with E-state index in [0.29, 0.717) is 31.3 Å². The number of amides is 1. The first kappa shape index (κ1) is 20.1. The highest BCUT2D eigenvalue weighted by molar-refractivity contribution is 5.87. The third-order valence-electron chi connectivity index (χ3n) is 5.33. The molecule has 7 nitrogen and oxygen atoms in total. The van der Waals surface area contributed by atoms with Gasteiger partial charge in [-0.25, -0.2) is 9.97 Å². The summed E-state index contributed by atoms with van der Waals surface area (Å²) in [6.45, 7) is 7.60. The van der Waals surface area contributed by atoms with Crippen LogP contribution in [0.25, 0.3) is 10.9 Å². The zero-order valence-corrected chi connectivity index (χ0v) is 17.5. The van der Waals surface area contributed by atoms with E-state index in [-0.39, 0.29) is 12.5 Å². The third-order valence-corrected chi connectivity index (χ3v) is 5.33. The Balaban J connectivity index is 1.30. The van der Waals surface area contributed by atoms with E-state index in [2.05, 4.69) is 20.9 Å². The molecule has 2 aromatic carbocycles. The molecule has 1 aromatic heterocycles. The predicted molar refractivity (Wildman–Crippen MR) is 117 cm³/mol. The zero-order chi connectivity index (χ0) is 21.1. The van der Waals surface area contributed by atoms with E-state index >= 15 is 0 Å². The minimum absolute atomic E-state index is 0.0139. The van der Waals surface area contributed by atoms with Crippen molar-refractivity contribution in [1.29, 1.82) is 0 Å². The van der Waals surface area contributed by atoms with Crippen LogP contribution in [-0.2, 0) is 11.3 Å². The summed E-state index contributed by atoms with van der Waals surface area (Å²) in [5.41, 5.74) is 9.20. The highest BCUT2D eigenvalue weighted by Gasteiger charge is 2.22. The summed E-state index contributed by atoms with van der Waals surface area (Å²) in [4.78, 5) is 25.7. The minimum Gasteiger partial charge on any atom is -0.484 e. The lowest BCUT2D eigenvalue weighted by Gasteiger charge is -2.34. The number of nitrogen functional groups attached to an aromatic ring is 1. The van der Waals surface area contributed by atoms with Crippen LogP contribution >= 0.6 is 0 Å². The smallest absolute Gasteiger partial charge is 0.260 e. The van der Waals surface area contributed by atoms with E-state index in [4.69, 9.17) is 10.5 Å². The van der Waals surface area contributed by atoms with Crippen LogP contribution in [-0.4, -0.2) is 58.5 Å². The molecule has 0 spiro atoms. The normalized spacial score (nSPS) is 14.8. The van der Waals surface area contributed by atoms with Crippen LogP contribution in [0.4, 0.5) is 5.82 Å². The number of benzene rings is 2. The molecule has 1 aliphatic heterocycles. The fraction of sp³-hybridized carbons (Fsp3) is 0.348. The highest BCUT2D eigenvalue weighted by Crippen LogP contribution is 2.19. The number of rotatable bonds is 5. The number of piperazine rings is 1. The van der Waals surface area contributed by atoms with Crippen molar-refractivity contribution in [3.8, 4) is 5.75 Å². The van der Waals surface area contributed by atoms with Crippen LogP contribution in [0.5, 0.6) is 5.75 Å². The van der Waals surface area contributed by atoms with Gasteiger partial charge in [-0.3, -0.25) is 9.69 Å². The number of hydrogen-bond donors (Lipinski definition) is 1. The maximum Gasteiger partial charge on any atom is 0.260 e. The SMILES string of the molecule is Cc1cc(C)cc(OCC(=O)N2CCN(Cc3nc(N)c4ccccc4n3)CC2)c1. The molecule has 0 saturated carbocycles. The molecular weight excluding hydrogens is 378 g/mol. The quantitative estimate of drug-likeness (QED) is 0.702. The van der Waals surface area contributed by atoms with Crippen LogP contribution in [0.3, 0.4) is 0 Å². The van der Waals surface area contributed by atoms with Gasteiger partial charge in [-0.2, -0.15) is 0 Å². The Morgan fingerprint density at radius 2 is 1.73 bits per heavy atom. The number of aromatic nitrogens is 2. The Labute approximate surface area is 176 Å². The molecule has 3 aromatic rings. The Bertz CT molecular complexity index is 1040. The molecule has 1 saturated heterocycles. The van der Waals surface area contributed by atoms with Gasteiger partial charge in [0.2, 0.25) is 0 Å². The van der Waals surface area contributed by atoms with E-state index in [9.17, 15) is 4.79 Å². The minimum atomic E-state index is 0.0139. The van der Waals surface area contributed by atoms with E-state index in [1.165, 1.54) is 0 Å². The molecule has 1 fully saturated rings. The number of hydrogen-bond acceptors (Lipinski definition) is 6. The van der Waals surface area contributed by atoms with Crippen molar-refractivity contribution in [2.45, 2.75) is 20.4 Å². The Morgan fingerprint density at radius 1 is 1.03 bits per heavy atom. The summed E-state index contributed by atoms with van der Waals surface area (Å²) in [7, 11) is 0. The largest absolute Gasteiger partial charge is 0.484 e. The van der Waals surface area contributed by atoms with Gasteiger partial charge < -0.3 is 15.4 Å². The van der Waals surface area contributed by atoms with E-state index in [1.54, 1.807) is 0 Å². The van der Waals surface area contributed by atoms with Gasteiger partial charge in [0.25, 0.3) is 5.91 Å². The van der Waals surface area contributed by atoms with Gasteiger partial charge in [0.1, 0.15) is 17.4 Å². The first-order valence-corrected chi connectivity index (χ1v) is 10.2. The molecule has 1 aliphatic rings. The molecule has 7 heteroatoms. The van der Waals surface area contributed by atoms with Crippen molar-refractivity contribution >= 4 is 22.6 Å². The molecule has 0 radical (unpaired) electrons. The van der Waals surface area contributed by atoms with Gasteiger partial charge in [0.15, 0.2) is 6.61 Å². The summed E-state index contributed by atoms with van der Waals surface area (Å²) >= 11 is 0. The summed E-state index contributed by atoms with van der Waals surface area (Å²) in [5.74, 6) is 1.97. The average Bonchev–Trinajstić information content (AvgIpc) is 2.72. The molecule has 30 heavy (non-hydrogen) atoms. The Morgan fingerprint density at radius 3 is 2.47 bits per heavy atom. The van der Waals surface area contributed by atoms with Crippen LogP contribution in [0.15, 0.2) is 42.5 Å². The Hall–Kier alpha value is -3.19. The molecule has 156 valence electrons. The number of carbonyl (C=O) groups excluding carboxylic acids is 1. The van der Waals surface area contributed by atoms with Crippen molar-refractivity contribution in [3.63, 3.8) is 0 Å². The molecule has 0 aliphatic carbocycles. The molecule has 1 amide bonds. The number of nitrogens with zero attached hydrogens (tertiary/aromatic N) is 4. The highest BCUT2D eigenvalue weighted by atomic mass is 16.5. The van der Waals surface area contributed by atoms with E-state index < -0.39 is 0 Å². The number of nitrogens with two attached hydrogens (primary N) is 1. The van der Waals surface area contributed by atoms with Crippen LogP contribution in [0, 0.1) is 13.8 Å². The second-order valence-electron chi connectivity index (χ2n) is 7.81. The van der Waals surface area contributed by atoms with Crippen molar-refractivity contribution in [3.05, 3.63) is 59.4 Å². The predicted octanol–water partition coefficient (Wildman–Crippen LogP) is 2.55. The van der Waals surface area contributed by atoms with Gasteiger partial charge in [-0.1, -0.05) is 18.2 Å². The Kier molecular flexibility index (Phi) is 5.81. The molecule has 2 N–H and O–H groups in total. The average molecular weight is 406 g/mol. The fourth-order valence-corrected chi connectivity index (χ4v) is 3.83. The molecule has 0 atom stereocenters. The zero-order valence-electron chi connectivity index (χ0n) is 17.5. The van der Waals surface area contributed by atoms with Crippen molar-refractivity contribution in [2.75, 3.05) is 38.5 Å². The van der Waals surface area contributed by atoms with Gasteiger partial charge in [-0.15, -0.1) is 0 Å². The number of ether oxygens (including phenoxy) is 1. The topological polar surface area (TPSA) is 84.6 Å². The van der Waals surface area contributed by atoms with Crippen molar-refractivity contribution in [2.24, 2.45) is 0 Å². The third kappa shape index (κ3) is 4.68. The molecule has 0 bridgehead atoms. The number of para-hydroxylation sites is 1. The first-order chi connectivity index (χ1) is 14.5. The van der Waals surface area contributed by atoms with Gasteiger partial charge in [0.05, 0.1) is 12.1 Å². The van der Waals surface area contributed by atoms with Crippen LogP contribution in [0.2, 0.25) is 0 Å². The number of aryl methyl sites for hydroxylation is 2. The lowest BCUT2D eigenvalue weighted by Crippen LogP contribution is -2.49. The fourth-order valence-electron chi connectivity index (χ4n) is 3.83. The van der Waals surface area contributed by atoms with E-state index in [0.717, 1.165) is 40.9 Å². The molecular formula is C23H27N5O2. The van der Waals surface area contributed by atoms with Gasteiger partial charge >= 0.3 is 0 Å². The van der Waals surface area contributed by atoms with Crippen LogP contribution in [0.1, 0.15) is 17.0 Å². The van der Waals surface area contributed by atoms with Crippen molar-refractivity contribution in [1.82, 2.24) is 19.8 Å². The lowest BCUT2D eigenvalue weighted by molar-refractivity contribution is -0.135. The number of anilines is 1. The summed E-state index contributed by atoms with van der Waals surface area (Å²) < 4.78 is 5.72. The summed E-state index contributed by atoms with van der Waals surface area (Å²) in [6, 6.07) is 13.7. The van der Waals surface area contributed by atoms with Crippen molar-refractivity contribution < 1.29 is 9.53 Å².